The van der Waals surface area contributed by atoms with Crippen LogP contribution in [0.3, 0.4) is 0 Å². The first kappa shape index (κ1) is 12.2. The van der Waals surface area contributed by atoms with Crippen molar-refractivity contribution in [2.75, 3.05) is 0 Å². The Labute approximate surface area is 99.0 Å². The van der Waals surface area contributed by atoms with Crippen LogP contribution in [0.5, 0.6) is 0 Å². The fraction of sp³-hybridized carbons (Fsp3) is 0.636. The summed E-state index contributed by atoms with van der Waals surface area (Å²) in [4.78, 5) is 1.40. The van der Waals surface area contributed by atoms with E-state index in [0.717, 1.165) is 12.5 Å². The monoisotopic (exact) mass is 275 g/mol. The van der Waals surface area contributed by atoms with Crippen molar-refractivity contribution >= 4 is 27.3 Å². The molecule has 0 aliphatic rings. The smallest absolute Gasteiger partial charge is 0.0701 e. The molecular weight excluding hydrogens is 258 g/mol. The number of halogens is 1. The molecule has 1 nitrogen and oxygen atoms in total. The minimum Gasteiger partial charge on any atom is -0.309 e. The Morgan fingerprint density at radius 1 is 1.43 bits per heavy atom. The van der Waals surface area contributed by atoms with Gasteiger partial charge in [0.2, 0.25) is 0 Å². The van der Waals surface area contributed by atoms with Crippen LogP contribution in [-0.4, -0.2) is 6.04 Å². The van der Waals surface area contributed by atoms with Crippen LogP contribution in [0.1, 0.15) is 32.1 Å². The molecule has 2 unspecified atom stereocenters. The number of nitrogens with one attached hydrogen (secondary N) is 1. The Bertz CT molecular complexity index is 272. The van der Waals surface area contributed by atoms with Gasteiger partial charge < -0.3 is 5.32 Å². The lowest BCUT2D eigenvalue weighted by atomic mass is 10.0. The molecule has 80 valence electrons. The molecule has 0 amide bonds. The van der Waals surface area contributed by atoms with Crippen molar-refractivity contribution in [3.8, 4) is 0 Å². The molecule has 0 aromatic carbocycles. The van der Waals surface area contributed by atoms with Crippen molar-refractivity contribution in [2.24, 2.45) is 5.92 Å². The van der Waals surface area contributed by atoms with Crippen LogP contribution in [0.15, 0.2) is 15.9 Å². The van der Waals surface area contributed by atoms with Crippen LogP contribution >= 0.6 is 27.3 Å². The number of hydrogen-bond donors (Lipinski definition) is 1. The Morgan fingerprint density at radius 2 is 2.14 bits per heavy atom. The first-order valence-electron chi connectivity index (χ1n) is 5.11. The minimum atomic E-state index is 0.598. The van der Waals surface area contributed by atoms with Gasteiger partial charge in [0, 0.05) is 17.5 Å². The second-order valence-corrected chi connectivity index (χ2v) is 6.31. The standard InChI is InChI=1S/C11H18BrNS/c1-4-8(2)9(3)13-7-10-5-6-11(12)14-10/h5-6,8-9,13H,4,7H2,1-3H3. The van der Waals surface area contributed by atoms with Gasteiger partial charge in [-0.3, -0.25) is 0 Å². The zero-order valence-corrected chi connectivity index (χ0v) is 11.4. The SMILES string of the molecule is CCC(C)C(C)NCc1ccc(Br)s1. The molecule has 0 bridgehead atoms. The minimum absolute atomic E-state index is 0.598. The Balaban J connectivity index is 2.33. The zero-order chi connectivity index (χ0) is 10.6. The van der Waals surface area contributed by atoms with E-state index >= 15 is 0 Å². The van der Waals surface area contributed by atoms with Crippen molar-refractivity contribution in [3.05, 3.63) is 20.8 Å². The molecule has 0 aliphatic heterocycles. The fourth-order valence-electron chi connectivity index (χ4n) is 1.26. The lowest BCUT2D eigenvalue weighted by Crippen LogP contribution is -2.30. The molecule has 0 saturated carbocycles. The summed E-state index contributed by atoms with van der Waals surface area (Å²) in [7, 11) is 0. The van der Waals surface area contributed by atoms with E-state index in [-0.39, 0.29) is 0 Å². The summed E-state index contributed by atoms with van der Waals surface area (Å²) >= 11 is 5.28. The highest BCUT2D eigenvalue weighted by Gasteiger charge is 2.09. The third kappa shape index (κ3) is 3.71. The second-order valence-electron chi connectivity index (χ2n) is 3.76. The molecule has 14 heavy (non-hydrogen) atoms. The van der Waals surface area contributed by atoms with Crippen molar-refractivity contribution < 1.29 is 0 Å². The zero-order valence-electron chi connectivity index (χ0n) is 9.01. The molecule has 1 N–H and O–H groups in total. The Hall–Kier alpha value is 0.140. The van der Waals surface area contributed by atoms with Gasteiger partial charge in [-0.25, -0.2) is 0 Å². The van der Waals surface area contributed by atoms with Crippen molar-refractivity contribution in [3.63, 3.8) is 0 Å². The summed E-state index contributed by atoms with van der Waals surface area (Å²) in [5, 5.41) is 3.55. The van der Waals surface area contributed by atoms with Gasteiger partial charge in [-0.2, -0.15) is 0 Å². The summed E-state index contributed by atoms with van der Waals surface area (Å²) in [6.45, 7) is 7.78. The maximum atomic E-state index is 3.55. The quantitative estimate of drug-likeness (QED) is 0.856. The van der Waals surface area contributed by atoms with Gasteiger partial charge in [-0.05, 0) is 40.9 Å². The van der Waals surface area contributed by atoms with Crippen LogP contribution in [0.4, 0.5) is 0 Å². The largest absolute Gasteiger partial charge is 0.309 e. The predicted octanol–water partition coefficient (Wildman–Crippen LogP) is 4.03. The first-order valence-corrected chi connectivity index (χ1v) is 6.72. The topological polar surface area (TPSA) is 12.0 Å². The van der Waals surface area contributed by atoms with Crippen molar-refractivity contribution in [1.82, 2.24) is 5.32 Å². The lowest BCUT2D eigenvalue weighted by Gasteiger charge is -2.19. The van der Waals surface area contributed by atoms with Gasteiger partial charge >= 0.3 is 0 Å². The molecule has 0 aliphatic carbocycles. The van der Waals surface area contributed by atoms with Crippen LogP contribution in [-0.2, 0) is 6.54 Å². The summed E-state index contributed by atoms with van der Waals surface area (Å²) in [6, 6.07) is 4.88. The first-order chi connectivity index (χ1) is 6.63. The highest BCUT2D eigenvalue weighted by Crippen LogP contribution is 2.22. The molecule has 0 saturated heterocycles. The number of hydrogen-bond acceptors (Lipinski definition) is 2. The molecule has 1 aromatic heterocycles. The Morgan fingerprint density at radius 3 is 2.64 bits per heavy atom. The molecule has 3 heteroatoms. The summed E-state index contributed by atoms with van der Waals surface area (Å²) < 4.78 is 1.21. The van der Waals surface area contributed by atoms with Crippen LogP contribution in [0.2, 0.25) is 0 Å². The second kappa shape index (κ2) is 5.89. The Kier molecular flexibility index (Phi) is 5.13. The molecule has 0 radical (unpaired) electrons. The maximum Gasteiger partial charge on any atom is 0.0701 e. The van der Waals surface area contributed by atoms with E-state index in [2.05, 4.69) is 54.2 Å². The lowest BCUT2D eigenvalue weighted by molar-refractivity contribution is 0.391. The average molecular weight is 276 g/mol. The summed E-state index contributed by atoms with van der Waals surface area (Å²) in [5.74, 6) is 0.749. The normalized spacial score (nSPS) is 15.4. The number of rotatable bonds is 5. The summed E-state index contributed by atoms with van der Waals surface area (Å²) in [5.41, 5.74) is 0. The van der Waals surface area contributed by atoms with E-state index in [1.54, 1.807) is 11.3 Å². The van der Waals surface area contributed by atoms with E-state index < -0.39 is 0 Å². The average Bonchev–Trinajstić information content (AvgIpc) is 2.59. The van der Waals surface area contributed by atoms with Crippen LogP contribution in [0, 0.1) is 5.92 Å². The van der Waals surface area contributed by atoms with E-state index in [1.807, 2.05) is 0 Å². The maximum absolute atomic E-state index is 3.55. The van der Waals surface area contributed by atoms with Gasteiger partial charge in [0.15, 0.2) is 0 Å². The molecule has 2 atom stereocenters. The van der Waals surface area contributed by atoms with Gasteiger partial charge in [-0.1, -0.05) is 20.3 Å². The van der Waals surface area contributed by atoms with Gasteiger partial charge in [0.25, 0.3) is 0 Å². The van der Waals surface area contributed by atoms with Crippen molar-refractivity contribution in [1.29, 1.82) is 0 Å². The molecule has 0 spiro atoms. The van der Waals surface area contributed by atoms with Gasteiger partial charge in [-0.15, -0.1) is 11.3 Å². The fourth-order valence-corrected chi connectivity index (χ4v) is 2.70. The summed E-state index contributed by atoms with van der Waals surface area (Å²) in [6.07, 6.45) is 1.24. The van der Waals surface area contributed by atoms with E-state index in [0.29, 0.717) is 6.04 Å². The van der Waals surface area contributed by atoms with Crippen LogP contribution < -0.4 is 5.32 Å². The molecule has 1 rings (SSSR count). The molecule has 1 heterocycles. The number of thiophene rings is 1. The van der Waals surface area contributed by atoms with E-state index in [9.17, 15) is 0 Å². The molecule has 1 aromatic rings. The molecular formula is C11H18BrNS. The van der Waals surface area contributed by atoms with E-state index in [1.165, 1.54) is 15.1 Å². The van der Waals surface area contributed by atoms with Crippen molar-refractivity contribution in [2.45, 2.75) is 39.8 Å². The third-order valence-electron chi connectivity index (χ3n) is 2.72. The molecule has 0 fully saturated rings. The van der Waals surface area contributed by atoms with Gasteiger partial charge in [0.05, 0.1) is 3.79 Å². The van der Waals surface area contributed by atoms with Crippen LogP contribution in [0.25, 0.3) is 0 Å². The third-order valence-corrected chi connectivity index (χ3v) is 4.35. The van der Waals surface area contributed by atoms with Gasteiger partial charge in [0.1, 0.15) is 0 Å². The highest BCUT2D eigenvalue weighted by atomic mass is 79.9. The van der Waals surface area contributed by atoms with E-state index in [4.69, 9.17) is 0 Å². The highest BCUT2D eigenvalue weighted by molar-refractivity contribution is 9.11. The predicted molar refractivity (Wildman–Crippen MR) is 67.8 cm³/mol.